The van der Waals surface area contributed by atoms with Crippen LogP contribution in [0.1, 0.15) is 18.4 Å². The summed E-state index contributed by atoms with van der Waals surface area (Å²) in [5.41, 5.74) is 2.71. The van der Waals surface area contributed by atoms with Crippen LogP contribution in [-0.4, -0.2) is 24.2 Å². The number of amides is 1. The summed E-state index contributed by atoms with van der Waals surface area (Å²) in [4.78, 5) is 21.0. The number of methoxy groups -OCH3 is 1. The van der Waals surface area contributed by atoms with Crippen LogP contribution in [0.5, 0.6) is 5.88 Å². The highest BCUT2D eigenvalue weighted by Crippen LogP contribution is 2.45. The summed E-state index contributed by atoms with van der Waals surface area (Å²) in [7, 11) is 1.56. The Morgan fingerprint density at radius 3 is 2.70 bits per heavy atom. The highest BCUT2D eigenvalue weighted by molar-refractivity contribution is 5.95. The van der Waals surface area contributed by atoms with Crippen molar-refractivity contribution >= 4 is 17.8 Å². The van der Waals surface area contributed by atoms with Gasteiger partial charge in [0.1, 0.15) is 5.41 Å². The van der Waals surface area contributed by atoms with Gasteiger partial charge in [-0.1, -0.05) is 36.9 Å². The van der Waals surface area contributed by atoms with Crippen LogP contribution >= 0.6 is 0 Å². The van der Waals surface area contributed by atoms with E-state index in [9.17, 15) is 4.79 Å². The highest BCUT2D eigenvalue weighted by Gasteiger charge is 2.50. The number of rotatable bonds is 6. The third-order valence-electron chi connectivity index (χ3n) is 4.54. The predicted molar refractivity (Wildman–Crippen MR) is 104 cm³/mol. The van der Waals surface area contributed by atoms with Crippen LogP contribution in [0, 0.1) is 23.7 Å². The summed E-state index contributed by atoms with van der Waals surface area (Å²) in [6, 6.07) is 11.8. The topological polar surface area (TPSA) is 87.4 Å². The van der Waals surface area contributed by atoms with Crippen molar-refractivity contribution in [3.8, 4) is 23.1 Å². The molecule has 27 heavy (non-hydrogen) atoms. The van der Waals surface area contributed by atoms with Crippen molar-refractivity contribution in [2.45, 2.75) is 19.8 Å². The summed E-state index contributed by atoms with van der Waals surface area (Å²) in [5, 5.41) is 11.8. The van der Waals surface area contributed by atoms with Gasteiger partial charge in [0.25, 0.3) is 0 Å². The van der Waals surface area contributed by atoms with Crippen molar-refractivity contribution in [2.24, 2.45) is 10.4 Å². The van der Waals surface area contributed by atoms with Crippen LogP contribution in [0.3, 0.4) is 0 Å². The van der Waals surface area contributed by atoms with Crippen molar-refractivity contribution < 1.29 is 9.53 Å². The zero-order chi connectivity index (χ0) is 19.4. The Labute approximate surface area is 158 Å². The van der Waals surface area contributed by atoms with Gasteiger partial charge >= 0.3 is 0 Å². The summed E-state index contributed by atoms with van der Waals surface area (Å²) >= 11 is 0. The van der Waals surface area contributed by atoms with Crippen LogP contribution < -0.4 is 10.1 Å². The first-order valence-electron chi connectivity index (χ1n) is 8.55. The maximum absolute atomic E-state index is 12.1. The molecule has 136 valence electrons. The number of hydrogen-bond donors (Lipinski definition) is 1. The van der Waals surface area contributed by atoms with Gasteiger partial charge in [-0.05, 0) is 25.3 Å². The molecule has 1 amide bonds. The van der Waals surface area contributed by atoms with E-state index in [1.54, 1.807) is 13.3 Å². The highest BCUT2D eigenvalue weighted by atomic mass is 16.5. The summed E-state index contributed by atoms with van der Waals surface area (Å²) in [5.74, 6) is 0.159. The largest absolute Gasteiger partial charge is 0.481 e. The molecule has 0 unspecified atom stereocenters. The molecule has 1 fully saturated rings. The van der Waals surface area contributed by atoms with Gasteiger partial charge < -0.3 is 10.1 Å². The second kappa shape index (κ2) is 7.42. The lowest BCUT2D eigenvalue weighted by Gasteiger charge is -2.12. The number of carbonyl (C=O) groups is 1. The number of pyridine rings is 1. The average molecular weight is 360 g/mol. The van der Waals surface area contributed by atoms with E-state index in [0.717, 1.165) is 16.7 Å². The second-order valence-electron chi connectivity index (χ2n) is 6.45. The normalized spacial score (nSPS) is 14.4. The number of aromatic nitrogens is 1. The van der Waals surface area contributed by atoms with Crippen LogP contribution in [-0.2, 0) is 4.79 Å². The van der Waals surface area contributed by atoms with Crippen molar-refractivity contribution in [3.05, 3.63) is 54.4 Å². The van der Waals surface area contributed by atoms with E-state index >= 15 is 0 Å². The van der Waals surface area contributed by atoms with Gasteiger partial charge in [0.2, 0.25) is 11.8 Å². The first kappa shape index (κ1) is 18.3. The van der Waals surface area contributed by atoms with Gasteiger partial charge in [-0.15, -0.1) is 0 Å². The number of nitrogens with zero attached hydrogens (tertiary/aromatic N) is 3. The maximum Gasteiger partial charge on any atom is 0.244 e. The minimum Gasteiger partial charge on any atom is -0.481 e. The van der Waals surface area contributed by atoms with E-state index in [0.29, 0.717) is 30.1 Å². The van der Waals surface area contributed by atoms with E-state index in [2.05, 4.69) is 27.9 Å². The molecule has 1 saturated carbocycles. The van der Waals surface area contributed by atoms with Crippen molar-refractivity contribution in [2.75, 3.05) is 7.11 Å². The number of nitrogens with one attached hydrogen (secondary N) is 1. The Kier molecular flexibility index (Phi) is 5.04. The van der Waals surface area contributed by atoms with Crippen LogP contribution in [0.4, 0.5) is 5.69 Å². The smallest absolute Gasteiger partial charge is 0.244 e. The van der Waals surface area contributed by atoms with Crippen LogP contribution in [0.25, 0.3) is 11.1 Å². The molecule has 1 aliphatic rings. The van der Waals surface area contributed by atoms with Crippen LogP contribution in [0.15, 0.2) is 53.8 Å². The molecule has 6 heteroatoms. The fraction of sp³-hybridized carbons (Fsp3) is 0.238. The van der Waals surface area contributed by atoms with Crippen LogP contribution in [0.2, 0.25) is 0 Å². The molecule has 0 saturated heterocycles. The number of nitriles is 1. The Morgan fingerprint density at radius 2 is 2.11 bits per heavy atom. The lowest BCUT2D eigenvalue weighted by atomic mass is 10.0. The number of aliphatic imine (C=N–C) groups is 1. The van der Waals surface area contributed by atoms with Gasteiger partial charge in [0.15, 0.2) is 0 Å². The molecule has 0 aliphatic heterocycles. The Balaban J connectivity index is 1.89. The van der Waals surface area contributed by atoms with Gasteiger partial charge in [-0.3, -0.25) is 9.79 Å². The maximum atomic E-state index is 12.1. The number of carbonyl (C=O) groups excluding carboxylic acids is 1. The third-order valence-corrected chi connectivity index (χ3v) is 4.54. The minimum absolute atomic E-state index is 0.325. The SMILES string of the molecule is C=C(C=Nc1c(-c2ccccc2)cnc(OC)c1C)NC(=O)C1(C#N)CC1. The Morgan fingerprint density at radius 1 is 1.41 bits per heavy atom. The zero-order valence-electron chi connectivity index (χ0n) is 15.3. The van der Waals surface area contributed by atoms with E-state index in [4.69, 9.17) is 10.00 Å². The number of hydrogen-bond acceptors (Lipinski definition) is 5. The Bertz CT molecular complexity index is 954. The number of allylic oxidation sites excluding steroid dienone is 1. The number of ether oxygens (including phenoxy) is 1. The molecule has 0 atom stereocenters. The predicted octanol–water partition coefficient (Wildman–Crippen LogP) is 3.70. The van der Waals surface area contributed by atoms with E-state index < -0.39 is 5.41 Å². The summed E-state index contributed by atoms with van der Waals surface area (Å²) in [6.45, 7) is 5.70. The molecule has 1 heterocycles. The van der Waals surface area contributed by atoms with Gasteiger partial charge in [-0.25, -0.2) is 4.98 Å². The van der Waals surface area contributed by atoms with Gasteiger partial charge in [0, 0.05) is 17.3 Å². The molecule has 0 bridgehead atoms. The third kappa shape index (κ3) is 3.72. The molecule has 1 aromatic carbocycles. The van der Waals surface area contributed by atoms with Gasteiger partial charge in [-0.2, -0.15) is 5.26 Å². The summed E-state index contributed by atoms with van der Waals surface area (Å²) < 4.78 is 5.30. The minimum atomic E-state index is -0.901. The zero-order valence-corrected chi connectivity index (χ0v) is 15.3. The molecular weight excluding hydrogens is 340 g/mol. The monoisotopic (exact) mass is 360 g/mol. The standard InChI is InChI=1S/C21H20N4O2/c1-14(25-20(26)21(13-22)9-10-21)11-23-18-15(2)19(27-3)24-12-17(18)16-7-5-4-6-8-16/h4-8,11-12H,1,9-10H2,2-3H3,(H,25,26). The molecule has 1 aliphatic carbocycles. The molecule has 1 N–H and O–H groups in total. The first-order chi connectivity index (χ1) is 13.0. The second-order valence-corrected chi connectivity index (χ2v) is 6.45. The summed E-state index contributed by atoms with van der Waals surface area (Å²) in [6.07, 6.45) is 4.36. The fourth-order valence-electron chi connectivity index (χ4n) is 2.74. The van der Waals surface area contributed by atoms with E-state index in [1.165, 1.54) is 6.21 Å². The molecule has 6 nitrogen and oxygen atoms in total. The van der Waals surface area contributed by atoms with Crippen molar-refractivity contribution in [1.82, 2.24) is 10.3 Å². The van der Waals surface area contributed by atoms with Gasteiger partial charge in [0.05, 0.1) is 30.8 Å². The quantitative estimate of drug-likeness (QED) is 0.796. The molecule has 2 aromatic rings. The molecular formula is C21H20N4O2. The molecule has 1 aromatic heterocycles. The fourth-order valence-corrected chi connectivity index (χ4v) is 2.74. The van der Waals surface area contributed by atoms with E-state index in [1.807, 2.05) is 37.3 Å². The average Bonchev–Trinajstić information content (AvgIpc) is 3.49. The Hall–Kier alpha value is -3.46. The molecule has 0 spiro atoms. The molecule has 3 rings (SSSR count). The van der Waals surface area contributed by atoms with E-state index in [-0.39, 0.29) is 5.91 Å². The lowest BCUT2D eigenvalue weighted by Crippen LogP contribution is -2.30. The molecule has 0 radical (unpaired) electrons. The number of benzene rings is 1. The van der Waals surface area contributed by atoms with Crippen molar-refractivity contribution in [1.29, 1.82) is 5.26 Å². The lowest BCUT2D eigenvalue weighted by molar-refractivity contribution is -0.123. The first-order valence-corrected chi connectivity index (χ1v) is 8.55. The van der Waals surface area contributed by atoms with Crippen molar-refractivity contribution in [3.63, 3.8) is 0 Å².